The van der Waals surface area contributed by atoms with Gasteiger partial charge in [-0.2, -0.15) is 5.10 Å². The van der Waals surface area contributed by atoms with E-state index in [1.54, 1.807) is 42.5 Å². The van der Waals surface area contributed by atoms with Crippen LogP contribution in [0.25, 0.3) is 0 Å². The van der Waals surface area contributed by atoms with Gasteiger partial charge in [-0.05, 0) is 37.1 Å². The molecule has 0 unspecified atom stereocenters. The maximum Gasteiger partial charge on any atom is 0.273 e. The number of benzene rings is 2. The molecule has 0 radical (unpaired) electrons. The Labute approximate surface area is 155 Å². The molecule has 1 aliphatic carbocycles. The highest BCUT2D eigenvalue weighted by atomic mass is 35.5. The van der Waals surface area contributed by atoms with Gasteiger partial charge in [0.25, 0.3) is 5.91 Å². The fraction of sp³-hybridized carbons (Fsp3) is 0.167. The van der Waals surface area contributed by atoms with Gasteiger partial charge in [0.15, 0.2) is 0 Å². The standard InChI is InChI=1S/C18H15Cl2N3O2/c19-13-8-7-12(15(20)9-13)10-21-23-18(25)14-3-1-2-4-16(14)22-17(24)11-5-6-11/h1-4,7-11H,5-6H2,(H,22,24)(H,23,25)/b21-10+. The Morgan fingerprint density at radius 1 is 1.12 bits per heavy atom. The molecule has 2 N–H and O–H groups in total. The summed E-state index contributed by atoms with van der Waals surface area (Å²) in [6.07, 6.45) is 3.22. The van der Waals surface area contributed by atoms with Gasteiger partial charge in [-0.3, -0.25) is 9.59 Å². The number of amides is 2. The Morgan fingerprint density at radius 2 is 1.88 bits per heavy atom. The number of nitrogens with one attached hydrogen (secondary N) is 2. The van der Waals surface area contributed by atoms with Crippen molar-refractivity contribution < 1.29 is 9.59 Å². The van der Waals surface area contributed by atoms with Crippen LogP contribution in [-0.2, 0) is 4.79 Å². The van der Waals surface area contributed by atoms with Crippen LogP contribution in [0.5, 0.6) is 0 Å². The maximum absolute atomic E-state index is 12.3. The lowest BCUT2D eigenvalue weighted by molar-refractivity contribution is -0.117. The Morgan fingerprint density at radius 3 is 2.60 bits per heavy atom. The van der Waals surface area contributed by atoms with Gasteiger partial charge in [0.05, 0.1) is 22.5 Å². The lowest BCUT2D eigenvalue weighted by atomic mass is 10.1. The Bertz CT molecular complexity index is 848. The molecular formula is C18H15Cl2N3O2. The van der Waals surface area contributed by atoms with Gasteiger partial charge >= 0.3 is 0 Å². The normalized spacial score (nSPS) is 13.7. The quantitative estimate of drug-likeness (QED) is 0.609. The molecule has 0 atom stereocenters. The molecule has 0 spiro atoms. The molecule has 2 amide bonds. The summed E-state index contributed by atoms with van der Waals surface area (Å²) in [4.78, 5) is 24.2. The molecular weight excluding hydrogens is 361 g/mol. The smallest absolute Gasteiger partial charge is 0.273 e. The van der Waals surface area contributed by atoms with E-state index in [0.717, 1.165) is 12.8 Å². The lowest BCUT2D eigenvalue weighted by Crippen LogP contribution is -2.21. The zero-order valence-corrected chi connectivity index (χ0v) is 14.6. The molecule has 1 aliphatic rings. The summed E-state index contributed by atoms with van der Waals surface area (Å²) in [6.45, 7) is 0. The van der Waals surface area contributed by atoms with Crippen molar-refractivity contribution in [3.8, 4) is 0 Å². The molecule has 2 aromatic rings. The van der Waals surface area contributed by atoms with Crippen molar-refractivity contribution in [1.29, 1.82) is 0 Å². The zero-order chi connectivity index (χ0) is 17.8. The number of rotatable bonds is 5. The van der Waals surface area contributed by atoms with E-state index in [9.17, 15) is 9.59 Å². The van der Waals surface area contributed by atoms with Crippen molar-refractivity contribution in [3.63, 3.8) is 0 Å². The van der Waals surface area contributed by atoms with E-state index >= 15 is 0 Å². The maximum atomic E-state index is 12.3. The van der Waals surface area contributed by atoms with Crippen LogP contribution < -0.4 is 10.7 Å². The van der Waals surface area contributed by atoms with Crippen molar-refractivity contribution >= 4 is 46.9 Å². The van der Waals surface area contributed by atoms with Gasteiger partial charge in [0.2, 0.25) is 5.91 Å². The van der Waals surface area contributed by atoms with E-state index in [0.29, 0.717) is 26.9 Å². The molecule has 0 aliphatic heterocycles. The highest BCUT2D eigenvalue weighted by Gasteiger charge is 2.30. The molecule has 1 fully saturated rings. The minimum Gasteiger partial charge on any atom is -0.325 e. The van der Waals surface area contributed by atoms with Crippen molar-refractivity contribution in [1.82, 2.24) is 5.43 Å². The molecule has 1 saturated carbocycles. The van der Waals surface area contributed by atoms with E-state index in [-0.39, 0.29) is 11.8 Å². The first-order valence-corrected chi connectivity index (χ1v) is 8.48. The third-order valence-electron chi connectivity index (χ3n) is 3.71. The van der Waals surface area contributed by atoms with E-state index in [1.807, 2.05) is 0 Å². The third-order valence-corrected chi connectivity index (χ3v) is 4.27. The number of hydrogen-bond donors (Lipinski definition) is 2. The highest BCUT2D eigenvalue weighted by Crippen LogP contribution is 2.30. The van der Waals surface area contributed by atoms with Crippen molar-refractivity contribution in [2.75, 3.05) is 5.32 Å². The number of halogens is 2. The molecule has 0 saturated heterocycles. The summed E-state index contributed by atoms with van der Waals surface area (Å²) in [7, 11) is 0. The number of hydrogen-bond acceptors (Lipinski definition) is 3. The number of anilines is 1. The van der Waals surface area contributed by atoms with Crippen molar-refractivity contribution in [2.24, 2.45) is 11.0 Å². The molecule has 5 nitrogen and oxygen atoms in total. The summed E-state index contributed by atoms with van der Waals surface area (Å²) in [5, 5.41) is 7.65. The van der Waals surface area contributed by atoms with E-state index in [1.165, 1.54) is 6.21 Å². The van der Waals surface area contributed by atoms with Crippen LogP contribution in [-0.4, -0.2) is 18.0 Å². The van der Waals surface area contributed by atoms with Crippen LogP contribution in [0, 0.1) is 5.92 Å². The number of carbonyl (C=O) groups is 2. The fourth-order valence-electron chi connectivity index (χ4n) is 2.20. The Hall–Kier alpha value is -2.37. The van der Waals surface area contributed by atoms with Crippen LogP contribution in [0.1, 0.15) is 28.8 Å². The lowest BCUT2D eigenvalue weighted by Gasteiger charge is -2.09. The number of carbonyl (C=O) groups excluding carboxylic acids is 2. The van der Waals surface area contributed by atoms with Crippen LogP contribution in [0.3, 0.4) is 0 Å². The Kier molecular flexibility index (Phi) is 5.36. The van der Waals surface area contributed by atoms with Gasteiger partial charge in [-0.1, -0.05) is 41.4 Å². The minimum absolute atomic E-state index is 0.0567. The third kappa shape index (κ3) is 4.59. The fourth-order valence-corrected chi connectivity index (χ4v) is 2.65. The molecule has 128 valence electrons. The zero-order valence-electron chi connectivity index (χ0n) is 13.1. The highest BCUT2D eigenvalue weighted by molar-refractivity contribution is 6.36. The molecule has 3 rings (SSSR count). The molecule has 0 aromatic heterocycles. The van der Waals surface area contributed by atoms with Crippen LogP contribution in [0.4, 0.5) is 5.69 Å². The minimum atomic E-state index is -0.423. The number of nitrogens with zero attached hydrogens (tertiary/aromatic N) is 1. The molecule has 2 aromatic carbocycles. The monoisotopic (exact) mass is 375 g/mol. The van der Waals surface area contributed by atoms with Crippen LogP contribution in [0.2, 0.25) is 10.0 Å². The first-order valence-electron chi connectivity index (χ1n) is 7.73. The molecule has 25 heavy (non-hydrogen) atoms. The van der Waals surface area contributed by atoms with Gasteiger partial charge < -0.3 is 5.32 Å². The summed E-state index contributed by atoms with van der Waals surface area (Å²) in [5.41, 5.74) is 3.87. The molecule has 7 heteroatoms. The first-order chi connectivity index (χ1) is 12.0. The van der Waals surface area contributed by atoms with Crippen LogP contribution in [0.15, 0.2) is 47.6 Å². The molecule has 0 bridgehead atoms. The van der Waals surface area contributed by atoms with Gasteiger partial charge in [0.1, 0.15) is 0 Å². The van der Waals surface area contributed by atoms with E-state index in [2.05, 4.69) is 15.8 Å². The second kappa shape index (κ2) is 7.68. The van der Waals surface area contributed by atoms with E-state index < -0.39 is 5.91 Å². The van der Waals surface area contributed by atoms with Crippen molar-refractivity contribution in [3.05, 3.63) is 63.6 Å². The second-order valence-electron chi connectivity index (χ2n) is 5.67. The summed E-state index contributed by atoms with van der Waals surface area (Å²) in [6, 6.07) is 11.8. The van der Waals surface area contributed by atoms with Gasteiger partial charge in [-0.15, -0.1) is 0 Å². The average molecular weight is 376 g/mol. The average Bonchev–Trinajstić information content (AvgIpc) is 3.42. The van der Waals surface area contributed by atoms with Crippen LogP contribution >= 0.6 is 23.2 Å². The summed E-state index contributed by atoms with van der Waals surface area (Å²) in [5.74, 6) is -0.425. The van der Waals surface area contributed by atoms with Gasteiger partial charge in [-0.25, -0.2) is 5.43 Å². The second-order valence-corrected chi connectivity index (χ2v) is 6.52. The Balaban J connectivity index is 1.68. The van der Waals surface area contributed by atoms with E-state index in [4.69, 9.17) is 23.2 Å². The first kappa shape index (κ1) is 17.5. The topological polar surface area (TPSA) is 70.6 Å². The largest absolute Gasteiger partial charge is 0.325 e. The summed E-state index contributed by atoms with van der Waals surface area (Å²) < 4.78 is 0. The summed E-state index contributed by atoms with van der Waals surface area (Å²) >= 11 is 11.9. The SMILES string of the molecule is O=C(N/N=C/c1ccc(Cl)cc1Cl)c1ccccc1NC(=O)C1CC1. The number of hydrazone groups is 1. The van der Waals surface area contributed by atoms with Gasteiger partial charge in [0, 0.05) is 16.5 Å². The predicted octanol–water partition coefficient (Wildman–Crippen LogP) is 4.11. The number of para-hydroxylation sites is 1. The predicted molar refractivity (Wildman–Crippen MR) is 99.3 cm³/mol. The van der Waals surface area contributed by atoms with Crippen molar-refractivity contribution in [2.45, 2.75) is 12.8 Å². The molecule has 0 heterocycles.